The summed E-state index contributed by atoms with van der Waals surface area (Å²) in [7, 11) is 0. The summed E-state index contributed by atoms with van der Waals surface area (Å²) >= 11 is 0. The van der Waals surface area contributed by atoms with Crippen LogP contribution < -0.4 is 11.1 Å². The highest BCUT2D eigenvalue weighted by atomic mass is 19.1. The molecule has 1 aromatic carbocycles. The van der Waals surface area contributed by atoms with E-state index in [1.54, 1.807) is 12.1 Å². The van der Waals surface area contributed by atoms with Gasteiger partial charge in [-0.2, -0.15) is 0 Å². The van der Waals surface area contributed by atoms with Gasteiger partial charge in [-0.15, -0.1) is 6.58 Å². The lowest BCUT2D eigenvalue weighted by Gasteiger charge is -2.03. The van der Waals surface area contributed by atoms with Gasteiger partial charge < -0.3 is 11.1 Å². The number of nitrogens with one attached hydrogen (secondary N) is 1. The molecule has 0 unspecified atom stereocenters. The van der Waals surface area contributed by atoms with Crippen LogP contribution in [0.1, 0.15) is 0 Å². The molecular weight excluding hydrogens is 155 g/mol. The van der Waals surface area contributed by atoms with Gasteiger partial charge in [-0.25, -0.2) is 4.39 Å². The number of nitrogens with two attached hydrogens (primary N) is 1. The minimum Gasteiger partial charge on any atom is -0.399 e. The van der Waals surface area contributed by atoms with Gasteiger partial charge in [-0.05, 0) is 18.2 Å². The normalized spacial score (nSPS) is 9.42. The molecule has 0 spiro atoms. The second kappa shape index (κ2) is 3.76. The maximum Gasteiger partial charge on any atom is 0.127 e. The highest BCUT2D eigenvalue weighted by molar-refractivity contribution is 5.54. The van der Waals surface area contributed by atoms with Crippen molar-refractivity contribution in [3.63, 3.8) is 0 Å². The molecule has 1 aromatic rings. The average molecular weight is 166 g/mol. The first-order valence-electron chi connectivity index (χ1n) is 3.63. The zero-order chi connectivity index (χ0) is 8.97. The Balaban J connectivity index is 2.78. The second-order valence-electron chi connectivity index (χ2n) is 2.44. The van der Waals surface area contributed by atoms with Crippen LogP contribution in [0.2, 0.25) is 0 Å². The van der Waals surface area contributed by atoms with E-state index in [1.165, 1.54) is 12.1 Å². The number of hydrogen-bond donors (Lipinski definition) is 2. The van der Waals surface area contributed by atoms with Crippen molar-refractivity contribution < 1.29 is 4.39 Å². The first-order valence-corrected chi connectivity index (χ1v) is 3.63. The van der Waals surface area contributed by atoms with Crippen molar-refractivity contribution in [2.24, 2.45) is 0 Å². The molecule has 0 bridgehead atoms. The predicted molar refractivity (Wildman–Crippen MR) is 49.5 cm³/mol. The Labute approximate surface area is 70.9 Å². The molecule has 1 rings (SSSR count). The minimum absolute atomic E-state index is 0.332. The largest absolute Gasteiger partial charge is 0.399 e. The lowest BCUT2D eigenvalue weighted by atomic mass is 10.2. The van der Waals surface area contributed by atoms with Gasteiger partial charge in [-0.1, -0.05) is 6.08 Å². The van der Waals surface area contributed by atoms with E-state index >= 15 is 0 Å². The molecule has 64 valence electrons. The molecule has 0 aliphatic heterocycles. The van der Waals surface area contributed by atoms with E-state index < -0.39 is 0 Å². The van der Waals surface area contributed by atoms with Crippen molar-refractivity contribution in [3.05, 3.63) is 36.7 Å². The Kier molecular flexibility index (Phi) is 2.69. The molecule has 0 radical (unpaired) electrons. The van der Waals surface area contributed by atoms with Crippen LogP contribution in [-0.4, -0.2) is 6.54 Å². The molecule has 0 aliphatic carbocycles. The number of hydrogen-bond acceptors (Lipinski definition) is 2. The van der Waals surface area contributed by atoms with Crippen molar-refractivity contribution in [1.29, 1.82) is 0 Å². The van der Waals surface area contributed by atoms with Crippen molar-refractivity contribution in [2.45, 2.75) is 0 Å². The van der Waals surface area contributed by atoms with Crippen molar-refractivity contribution in [3.8, 4) is 0 Å². The summed E-state index contributed by atoms with van der Waals surface area (Å²) in [4.78, 5) is 0. The SMILES string of the molecule is C=CCNc1cc(N)cc(F)c1. The third-order valence-corrected chi connectivity index (χ3v) is 1.37. The number of halogens is 1. The van der Waals surface area contributed by atoms with Crippen LogP contribution in [0.25, 0.3) is 0 Å². The summed E-state index contributed by atoms with van der Waals surface area (Å²) in [5.74, 6) is -0.332. The Morgan fingerprint density at radius 2 is 2.25 bits per heavy atom. The molecule has 0 aromatic heterocycles. The molecule has 3 heteroatoms. The van der Waals surface area contributed by atoms with E-state index in [2.05, 4.69) is 11.9 Å². The van der Waals surface area contributed by atoms with Gasteiger partial charge in [-0.3, -0.25) is 0 Å². The Hall–Kier alpha value is -1.51. The topological polar surface area (TPSA) is 38.0 Å². The van der Waals surface area contributed by atoms with Gasteiger partial charge in [0.25, 0.3) is 0 Å². The van der Waals surface area contributed by atoms with Crippen molar-refractivity contribution >= 4 is 11.4 Å². The monoisotopic (exact) mass is 166 g/mol. The number of anilines is 2. The third-order valence-electron chi connectivity index (χ3n) is 1.37. The van der Waals surface area contributed by atoms with Crippen molar-refractivity contribution in [2.75, 3.05) is 17.6 Å². The van der Waals surface area contributed by atoms with E-state index in [0.29, 0.717) is 17.9 Å². The fourth-order valence-corrected chi connectivity index (χ4v) is 0.904. The van der Waals surface area contributed by atoms with Crippen LogP contribution in [0.3, 0.4) is 0 Å². The van der Waals surface area contributed by atoms with Gasteiger partial charge in [0.15, 0.2) is 0 Å². The van der Waals surface area contributed by atoms with Crippen LogP contribution in [-0.2, 0) is 0 Å². The smallest absolute Gasteiger partial charge is 0.127 e. The summed E-state index contributed by atoms with van der Waals surface area (Å²) < 4.78 is 12.7. The predicted octanol–water partition coefficient (Wildman–Crippen LogP) is 2.01. The van der Waals surface area contributed by atoms with Crippen molar-refractivity contribution in [1.82, 2.24) is 0 Å². The van der Waals surface area contributed by atoms with Crippen LogP contribution in [0.4, 0.5) is 15.8 Å². The summed E-state index contributed by atoms with van der Waals surface area (Å²) in [6.45, 7) is 4.13. The number of nitrogen functional groups attached to an aromatic ring is 1. The Bertz CT molecular complexity index is 264. The average Bonchev–Trinajstić information content (AvgIpc) is 1.99. The van der Waals surface area contributed by atoms with E-state index in [0.717, 1.165) is 0 Å². The molecule has 2 nitrogen and oxygen atoms in total. The summed E-state index contributed by atoms with van der Waals surface area (Å²) in [5, 5.41) is 2.94. The van der Waals surface area contributed by atoms with Gasteiger partial charge in [0, 0.05) is 17.9 Å². The molecule has 3 N–H and O–H groups in total. The quantitative estimate of drug-likeness (QED) is 0.532. The molecule has 0 saturated carbocycles. The maximum absolute atomic E-state index is 12.7. The summed E-state index contributed by atoms with van der Waals surface area (Å²) in [5.41, 5.74) is 6.52. The van der Waals surface area contributed by atoms with E-state index in [-0.39, 0.29) is 5.82 Å². The minimum atomic E-state index is -0.332. The first kappa shape index (κ1) is 8.59. The van der Waals surface area contributed by atoms with Crippen LogP contribution in [0.5, 0.6) is 0 Å². The molecular formula is C9H11FN2. The number of benzene rings is 1. The Morgan fingerprint density at radius 1 is 1.50 bits per heavy atom. The maximum atomic E-state index is 12.7. The van der Waals surface area contributed by atoms with E-state index in [1.807, 2.05) is 0 Å². The lowest BCUT2D eigenvalue weighted by molar-refractivity contribution is 0.629. The highest BCUT2D eigenvalue weighted by Crippen LogP contribution is 2.14. The molecule has 0 heterocycles. The van der Waals surface area contributed by atoms with E-state index in [9.17, 15) is 4.39 Å². The highest BCUT2D eigenvalue weighted by Gasteiger charge is 1.95. The van der Waals surface area contributed by atoms with Gasteiger partial charge in [0.2, 0.25) is 0 Å². The second-order valence-corrected chi connectivity index (χ2v) is 2.44. The van der Waals surface area contributed by atoms with Gasteiger partial charge in [0.05, 0.1) is 0 Å². The zero-order valence-corrected chi connectivity index (χ0v) is 6.68. The van der Waals surface area contributed by atoms with E-state index in [4.69, 9.17) is 5.73 Å². The standard InChI is InChI=1S/C9H11FN2/c1-2-3-12-9-5-7(10)4-8(11)6-9/h2,4-6,12H,1,3,11H2. The molecule has 12 heavy (non-hydrogen) atoms. The molecule has 0 amide bonds. The van der Waals surface area contributed by atoms with Gasteiger partial charge in [0.1, 0.15) is 5.82 Å². The summed E-state index contributed by atoms with van der Waals surface area (Å²) in [6.07, 6.45) is 1.70. The zero-order valence-electron chi connectivity index (χ0n) is 6.68. The van der Waals surface area contributed by atoms with Crippen LogP contribution in [0, 0.1) is 5.82 Å². The fraction of sp³-hybridized carbons (Fsp3) is 0.111. The van der Waals surface area contributed by atoms with Crippen LogP contribution >= 0.6 is 0 Å². The molecule has 0 fully saturated rings. The molecule has 0 saturated heterocycles. The third kappa shape index (κ3) is 2.27. The lowest BCUT2D eigenvalue weighted by Crippen LogP contribution is -1.99. The first-order chi connectivity index (χ1) is 5.72. The fourth-order valence-electron chi connectivity index (χ4n) is 0.904. The molecule has 0 atom stereocenters. The summed E-state index contributed by atoms with van der Waals surface area (Å²) in [6, 6.07) is 4.34. The Morgan fingerprint density at radius 3 is 2.83 bits per heavy atom. The van der Waals surface area contributed by atoms with Crippen LogP contribution in [0.15, 0.2) is 30.9 Å². The van der Waals surface area contributed by atoms with Gasteiger partial charge >= 0.3 is 0 Å². The number of rotatable bonds is 3. The molecule has 0 aliphatic rings.